The lowest BCUT2D eigenvalue weighted by Crippen LogP contribution is -2.29. The lowest BCUT2D eigenvalue weighted by atomic mass is 9.95. The number of H-pyrrole nitrogens is 1. The number of aryl methyl sites for hydroxylation is 1. The van der Waals surface area contributed by atoms with Gasteiger partial charge in [-0.25, -0.2) is 5.10 Å². The highest BCUT2D eigenvalue weighted by Crippen LogP contribution is 2.37. The topological polar surface area (TPSA) is 111 Å². The Labute approximate surface area is 130 Å². The largest absolute Gasteiger partial charge is 0.497 e. The van der Waals surface area contributed by atoms with E-state index < -0.39 is 0 Å². The van der Waals surface area contributed by atoms with Crippen molar-refractivity contribution in [3.8, 4) is 5.75 Å². The Balaban J connectivity index is 1.97. The van der Waals surface area contributed by atoms with Crippen LogP contribution in [0.1, 0.15) is 22.9 Å². The molecule has 0 spiro atoms. The fraction of sp³-hybridized carbons (Fsp3) is 0.214. The third-order valence-corrected chi connectivity index (χ3v) is 3.89. The van der Waals surface area contributed by atoms with E-state index >= 15 is 0 Å². The predicted octanol–water partition coefficient (Wildman–Crippen LogP) is 0.768. The van der Waals surface area contributed by atoms with Gasteiger partial charge in [-0.05, 0) is 35.0 Å². The van der Waals surface area contributed by atoms with Crippen LogP contribution in [-0.4, -0.2) is 37.5 Å². The van der Waals surface area contributed by atoms with Crippen LogP contribution in [0.15, 0.2) is 29.1 Å². The van der Waals surface area contributed by atoms with Crippen molar-refractivity contribution in [3.63, 3.8) is 0 Å². The zero-order valence-electron chi connectivity index (χ0n) is 12.4. The maximum atomic E-state index is 12.1. The summed E-state index contributed by atoms with van der Waals surface area (Å²) in [5.74, 6) is 1.16. The Bertz CT molecular complexity index is 929. The summed E-state index contributed by atoms with van der Waals surface area (Å²) in [5, 5.41) is 21.2. The highest BCUT2D eigenvalue weighted by atomic mass is 16.5. The molecule has 0 aliphatic carbocycles. The van der Waals surface area contributed by atoms with E-state index in [-0.39, 0.29) is 11.6 Å². The van der Waals surface area contributed by atoms with Gasteiger partial charge < -0.3 is 10.1 Å². The zero-order valence-corrected chi connectivity index (χ0v) is 12.4. The minimum atomic E-state index is -0.336. The van der Waals surface area contributed by atoms with E-state index in [4.69, 9.17) is 4.74 Å². The molecule has 1 aliphatic heterocycles. The van der Waals surface area contributed by atoms with Crippen LogP contribution < -0.4 is 15.6 Å². The van der Waals surface area contributed by atoms with Gasteiger partial charge in [-0.3, -0.25) is 4.79 Å². The van der Waals surface area contributed by atoms with Crippen molar-refractivity contribution in [2.24, 2.45) is 0 Å². The van der Waals surface area contributed by atoms with Crippen LogP contribution in [0.5, 0.6) is 5.75 Å². The lowest BCUT2D eigenvalue weighted by molar-refractivity contribution is 0.414. The van der Waals surface area contributed by atoms with Crippen LogP contribution in [0.2, 0.25) is 0 Å². The molecule has 0 unspecified atom stereocenters. The lowest BCUT2D eigenvalue weighted by Gasteiger charge is -2.27. The van der Waals surface area contributed by atoms with Crippen LogP contribution >= 0.6 is 0 Å². The van der Waals surface area contributed by atoms with E-state index in [1.165, 1.54) is 0 Å². The third-order valence-electron chi connectivity index (χ3n) is 3.89. The fourth-order valence-corrected chi connectivity index (χ4v) is 2.79. The summed E-state index contributed by atoms with van der Waals surface area (Å²) in [7, 11) is 1.61. The van der Waals surface area contributed by atoms with Crippen molar-refractivity contribution in [2.75, 3.05) is 12.4 Å². The van der Waals surface area contributed by atoms with Gasteiger partial charge in [-0.15, -0.1) is 0 Å². The molecule has 3 heterocycles. The van der Waals surface area contributed by atoms with E-state index in [0.29, 0.717) is 17.3 Å². The highest BCUT2D eigenvalue weighted by Gasteiger charge is 2.32. The standard InChI is InChI=1S/C14H13N7O2/c1-7-10-11(13(22)17-16-7)15-14-18-19-20-21(14)12(10)8-3-5-9(23-2)6-4-8/h3-6,12H,1-2H3,(H,17,22)(H,15,18,20)/t12-/m0/s1. The van der Waals surface area contributed by atoms with Crippen LogP contribution in [0, 0.1) is 6.92 Å². The Kier molecular flexibility index (Phi) is 2.86. The summed E-state index contributed by atoms with van der Waals surface area (Å²) in [4.78, 5) is 12.1. The molecular weight excluding hydrogens is 298 g/mol. The molecule has 1 atom stereocenters. The Morgan fingerprint density at radius 3 is 2.78 bits per heavy atom. The molecule has 9 heteroatoms. The quantitative estimate of drug-likeness (QED) is 0.562. The number of rotatable bonds is 2. The summed E-state index contributed by atoms with van der Waals surface area (Å²) in [6, 6.07) is 7.22. The van der Waals surface area contributed by atoms with Gasteiger partial charge in [0, 0.05) is 5.56 Å². The molecule has 2 aromatic heterocycles. The Morgan fingerprint density at radius 2 is 2.04 bits per heavy atom. The number of ether oxygens (including phenoxy) is 1. The molecule has 116 valence electrons. The van der Waals surface area contributed by atoms with E-state index in [2.05, 4.69) is 31.0 Å². The molecule has 9 nitrogen and oxygen atoms in total. The number of tetrazole rings is 1. The second kappa shape index (κ2) is 4.90. The summed E-state index contributed by atoms with van der Waals surface area (Å²) in [6.45, 7) is 1.84. The number of hydrogen-bond donors (Lipinski definition) is 2. The normalized spacial score (nSPS) is 15.5. The second-order valence-electron chi connectivity index (χ2n) is 5.17. The second-order valence-corrected chi connectivity index (χ2v) is 5.17. The van der Waals surface area contributed by atoms with Gasteiger partial charge in [0.2, 0.25) is 5.95 Å². The van der Waals surface area contributed by atoms with Gasteiger partial charge in [0.1, 0.15) is 17.5 Å². The number of anilines is 2. The first-order chi connectivity index (χ1) is 11.2. The van der Waals surface area contributed by atoms with Crippen LogP contribution in [0.4, 0.5) is 11.6 Å². The van der Waals surface area contributed by atoms with Gasteiger partial charge >= 0.3 is 0 Å². The van der Waals surface area contributed by atoms with Crippen molar-refractivity contribution in [1.29, 1.82) is 0 Å². The predicted molar refractivity (Wildman–Crippen MR) is 80.9 cm³/mol. The molecule has 0 amide bonds. The van der Waals surface area contributed by atoms with E-state index in [9.17, 15) is 4.79 Å². The summed E-state index contributed by atoms with van der Waals surface area (Å²) in [6.07, 6.45) is 0. The van der Waals surface area contributed by atoms with Gasteiger partial charge in [0.05, 0.1) is 12.8 Å². The Hall–Kier alpha value is -3.23. The van der Waals surface area contributed by atoms with Crippen molar-refractivity contribution >= 4 is 11.6 Å². The molecule has 0 bridgehead atoms. The summed E-state index contributed by atoms with van der Waals surface area (Å²) in [5.41, 5.74) is 2.49. The third kappa shape index (κ3) is 1.97. The van der Waals surface area contributed by atoms with E-state index in [1.807, 2.05) is 31.2 Å². The van der Waals surface area contributed by atoms with Crippen LogP contribution in [0.25, 0.3) is 0 Å². The molecule has 23 heavy (non-hydrogen) atoms. The van der Waals surface area contributed by atoms with Crippen LogP contribution in [0.3, 0.4) is 0 Å². The van der Waals surface area contributed by atoms with Gasteiger partial charge in [0.15, 0.2) is 0 Å². The molecule has 1 aliphatic rings. The first-order valence-electron chi connectivity index (χ1n) is 6.97. The first-order valence-corrected chi connectivity index (χ1v) is 6.97. The number of nitrogens with zero attached hydrogens (tertiary/aromatic N) is 5. The molecule has 0 saturated carbocycles. The number of hydrogen-bond acceptors (Lipinski definition) is 7. The SMILES string of the molecule is COc1ccc([C@H]2c3c(C)n[nH]c(=O)c3Nc3nnnn32)cc1. The average Bonchev–Trinajstić information content (AvgIpc) is 3.05. The zero-order chi connectivity index (χ0) is 16.0. The number of nitrogens with one attached hydrogen (secondary N) is 2. The highest BCUT2D eigenvalue weighted by molar-refractivity contribution is 5.64. The van der Waals surface area contributed by atoms with E-state index in [0.717, 1.165) is 16.9 Å². The smallest absolute Gasteiger partial charge is 0.288 e. The van der Waals surface area contributed by atoms with Crippen molar-refractivity contribution in [3.05, 3.63) is 51.4 Å². The maximum Gasteiger partial charge on any atom is 0.288 e. The van der Waals surface area contributed by atoms with Crippen molar-refractivity contribution in [2.45, 2.75) is 13.0 Å². The van der Waals surface area contributed by atoms with Gasteiger partial charge in [0.25, 0.3) is 5.56 Å². The van der Waals surface area contributed by atoms with Crippen LogP contribution in [-0.2, 0) is 0 Å². The van der Waals surface area contributed by atoms with E-state index in [1.54, 1.807) is 11.8 Å². The van der Waals surface area contributed by atoms with Gasteiger partial charge in [-0.2, -0.15) is 9.78 Å². The fourth-order valence-electron chi connectivity index (χ4n) is 2.79. The number of aromatic amines is 1. The molecule has 2 N–H and O–H groups in total. The monoisotopic (exact) mass is 311 g/mol. The van der Waals surface area contributed by atoms with Crippen molar-refractivity contribution in [1.82, 2.24) is 30.4 Å². The minimum absolute atomic E-state index is 0.307. The molecular formula is C14H13N7O2. The number of benzene rings is 1. The Morgan fingerprint density at radius 1 is 1.26 bits per heavy atom. The number of fused-ring (bicyclic) bond motifs is 2. The maximum absolute atomic E-state index is 12.1. The summed E-state index contributed by atoms with van der Waals surface area (Å²) >= 11 is 0. The molecule has 1 aromatic carbocycles. The van der Waals surface area contributed by atoms with Gasteiger partial charge in [-0.1, -0.05) is 17.2 Å². The van der Waals surface area contributed by atoms with Crippen molar-refractivity contribution < 1.29 is 4.74 Å². The molecule has 0 radical (unpaired) electrons. The molecule has 0 fully saturated rings. The summed E-state index contributed by atoms with van der Waals surface area (Å²) < 4.78 is 6.83. The molecule has 0 saturated heterocycles. The number of methoxy groups -OCH3 is 1. The number of aromatic nitrogens is 6. The average molecular weight is 311 g/mol. The molecule has 4 rings (SSSR count). The first kappa shape index (κ1) is 13.4. The molecule has 3 aromatic rings. The minimum Gasteiger partial charge on any atom is -0.497 e.